The molecule has 1 aliphatic heterocycles. The van der Waals surface area contributed by atoms with Crippen molar-refractivity contribution in [1.29, 1.82) is 0 Å². The second-order valence-electron chi connectivity index (χ2n) is 7.05. The van der Waals surface area contributed by atoms with Gasteiger partial charge in [0.25, 0.3) is 11.8 Å². The molecule has 28 heavy (non-hydrogen) atoms. The molecule has 0 spiro atoms. The maximum Gasteiger partial charge on any atom is 0.322 e. The van der Waals surface area contributed by atoms with Crippen molar-refractivity contribution in [3.05, 3.63) is 65.7 Å². The quantitative estimate of drug-likeness (QED) is 0.495. The van der Waals surface area contributed by atoms with E-state index in [1.165, 1.54) is 17.3 Å². The van der Waals surface area contributed by atoms with Gasteiger partial charge in [-0.15, -0.1) is 11.8 Å². The highest BCUT2D eigenvalue weighted by atomic mass is 32.2. The van der Waals surface area contributed by atoms with Gasteiger partial charge in [0.05, 0.1) is 5.56 Å². The zero-order valence-electron chi connectivity index (χ0n) is 15.8. The molecule has 0 bridgehead atoms. The molecule has 3 N–H and O–H groups in total. The average molecular weight is 398 g/mol. The van der Waals surface area contributed by atoms with Gasteiger partial charge in [0.15, 0.2) is 0 Å². The maximum atomic E-state index is 12.7. The number of thioether (sulfide) groups is 1. The lowest BCUT2D eigenvalue weighted by Crippen LogP contribution is -2.46. The van der Waals surface area contributed by atoms with Gasteiger partial charge in [-0.2, -0.15) is 0 Å². The lowest BCUT2D eigenvalue weighted by Gasteiger charge is -2.20. The highest BCUT2D eigenvalue weighted by Gasteiger charge is 2.41. The van der Waals surface area contributed by atoms with Gasteiger partial charge in [-0.25, -0.2) is 4.79 Å². The Labute approximate surface area is 168 Å². The summed E-state index contributed by atoms with van der Waals surface area (Å²) in [6.07, 6.45) is 0. The fraction of sp³-hybridized carbons (Fsp3) is 0.286. The zero-order valence-corrected chi connectivity index (χ0v) is 16.6. The van der Waals surface area contributed by atoms with Crippen LogP contribution < -0.4 is 16.0 Å². The fourth-order valence-corrected chi connectivity index (χ4v) is 4.06. The Morgan fingerprint density at radius 2 is 1.79 bits per heavy atom. The predicted octanol–water partition coefficient (Wildman–Crippen LogP) is 2.91. The van der Waals surface area contributed by atoms with E-state index in [0.29, 0.717) is 17.9 Å². The smallest absolute Gasteiger partial charge is 0.322 e. The lowest BCUT2D eigenvalue weighted by atomic mass is 10.0. The van der Waals surface area contributed by atoms with Crippen LogP contribution in [0.2, 0.25) is 0 Å². The molecule has 3 rings (SSSR count). The molecule has 1 aliphatic rings. The van der Waals surface area contributed by atoms with Gasteiger partial charge in [-0.1, -0.05) is 49.4 Å². The summed E-state index contributed by atoms with van der Waals surface area (Å²) in [5.74, 6) is 0.00998. The number of imide groups is 1. The first kappa shape index (κ1) is 19.9. The lowest BCUT2D eigenvalue weighted by molar-refractivity contribution is -0.122. The molecule has 1 saturated heterocycles. The Kier molecular flexibility index (Phi) is 6.04. The predicted molar refractivity (Wildman–Crippen MR) is 109 cm³/mol. The van der Waals surface area contributed by atoms with Crippen LogP contribution in [0.5, 0.6) is 0 Å². The van der Waals surface area contributed by atoms with Crippen molar-refractivity contribution in [2.24, 2.45) is 0 Å². The Morgan fingerprint density at radius 1 is 1.11 bits per heavy atom. The van der Waals surface area contributed by atoms with Crippen LogP contribution >= 0.6 is 11.8 Å². The largest absolute Gasteiger partial charge is 0.351 e. The van der Waals surface area contributed by atoms with Crippen LogP contribution in [0.4, 0.5) is 4.79 Å². The van der Waals surface area contributed by atoms with E-state index in [4.69, 9.17) is 0 Å². The van der Waals surface area contributed by atoms with E-state index in [0.717, 1.165) is 4.90 Å². The van der Waals surface area contributed by atoms with E-state index in [1.807, 2.05) is 48.5 Å². The van der Waals surface area contributed by atoms with Crippen molar-refractivity contribution in [3.63, 3.8) is 0 Å². The van der Waals surface area contributed by atoms with E-state index < -0.39 is 11.6 Å². The van der Waals surface area contributed by atoms with Gasteiger partial charge in [0.1, 0.15) is 5.54 Å². The minimum atomic E-state index is -0.993. The molecule has 146 valence electrons. The molecular formula is C21H23N3O3S. The summed E-state index contributed by atoms with van der Waals surface area (Å²) >= 11 is 1.37. The van der Waals surface area contributed by atoms with E-state index in [9.17, 15) is 14.4 Å². The number of carbonyl (C=O) groups is 3. The third-order valence-corrected chi connectivity index (χ3v) is 6.09. The molecule has 1 heterocycles. The molecule has 0 aromatic heterocycles. The average Bonchev–Trinajstić information content (AvgIpc) is 2.97. The third-order valence-electron chi connectivity index (χ3n) is 4.70. The SMILES string of the molecule is C[C@@H](CNC(=O)c1ccccc1SC[C@@]1(C)NC(=O)NC1=O)c1ccccc1. The molecule has 2 aromatic carbocycles. The van der Waals surface area contributed by atoms with Crippen molar-refractivity contribution in [2.45, 2.75) is 30.2 Å². The number of carbonyl (C=O) groups excluding carboxylic acids is 3. The fourth-order valence-electron chi connectivity index (χ4n) is 2.92. The number of hydrogen-bond acceptors (Lipinski definition) is 4. The summed E-state index contributed by atoms with van der Waals surface area (Å²) in [4.78, 5) is 36.9. The van der Waals surface area contributed by atoms with Crippen LogP contribution in [0, 0.1) is 0 Å². The number of amides is 4. The second-order valence-corrected chi connectivity index (χ2v) is 8.06. The first-order valence-electron chi connectivity index (χ1n) is 9.07. The van der Waals surface area contributed by atoms with Gasteiger partial charge >= 0.3 is 6.03 Å². The highest BCUT2D eigenvalue weighted by molar-refractivity contribution is 7.99. The third kappa shape index (κ3) is 4.54. The number of benzene rings is 2. The summed E-state index contributed by atoms with van der Waals surface area (Å²) in [7, 11) is 0. The molecule has 0 radical (unpaired) electrons. The molecule has 2 aromatic rings. The van der Waals surface area contributed by atoms with Crippen molar-refractivity contribution < 1.29 is 14.4 Å². The van der Waals surface area contributed by atoms with Crippen molar-refractivity contribution in [3.8, 4) is 0 Å². The van der Waals surface area contributed by atoms with Gasteiger partial charge in [0.2, 0.25) is 0 Å². The Balaban J connectivity index is 1.64. The molecule has 4 amide bonds. The number of urea groups is 1. The Hall–Kier alpha value is -2.80. The van der Waals surface area contributed by atoms with E-state index in [-0.39, 0.29) is 17.7 Å². The van der Waals surface area contributed by atoms with Crippen LogP contribution in [-0.2, 0) is 4.79 Å². The number of nitrogens with one attached hydrogen (secondary N) is 3. The van der Waals surface area contributed by atoms with Crippen molar-refractivity contribution in [2.75, 3.05) is 12.3 Å². The van der Waals surface area contributed by atoms with Crippen molar-refractivity contribution >= 4 is 29.6 Å². The number of rotatable bonds is 7. The minimum Gasteiger partial charge on any atom is -0.351 e. The molecule has 6 nitrogen and oxygen atoms in total. The monoisotopic (exact) mass is 397 g/mol. The van der Waals surface area contributed by atoms with Crippen LogP contribution in [-0.4, -0.2) is 35.7 Å². The minimum absolute atomic E-state index is 0.157. The van der Waals surface area contributed by atoms with Crippen LogP contribution in [0.1, 0.15) is 35.7 Å². The topological polar surface area (TPSA) is 87.3 Å². The van der Waals surface area contributed by atoms with Crippen LogP contribution in [0.25, 0.3) is 0 Å². The normalized spacial score (nSPS) is 19.6. The van der Waals surface area contributed by atoms with Gasteiger partial charge in [-0.05, 0) is 30.5 Å². The standard InChI is InChI=1S/C21H23N3O3S/c1-14(15-8-4-3-5-9-15)12-22-18(25)16-10-6-7-11-17(16)28-13-21(2)19(26)23-20(27)24-21/h3-11,14H,12-13H2,1-2H3,(H,22,25)(H2,23,24,26,27)/t14-,21+/m0/s1. The molecule has 2 atom stereocenters. The first-order chi connectivity index (χ1) is 13.4. The maximum absolute atomic E-state index is 12.7. The van der Waals surface area contributed by atoms with Crippen molar-refractivity contribution in [1.82, 2.24) is 16.0 Å². The summed E-state index contributed by atoms with van der Waals surface area (Å²) < 4.78 is 0. The summed E-state index contributed by atoms with van der Waals surface area (Å²) in [5.41, 5.74) is 0.732. The molecule has 0 aliphatic carbocycles. The van der Waals surface area contributed by atoms with Crippen LogP contribution in [0.15, 0.2) is 59.5 Å². The van der Waals surface area contributed by atoms with E-state index in [2.05, 4.69) is 22.9 Å². The van der Waals surface area contributed by atoms with Gasteiger partial charge in [0, 0.05) is 17.2 Å². The number of hydrogen-bond donors (Lipinski definition) is 3. The highest BCUT2D eigenvalue weighted by Crippen LogP contribution is 2.27. The summed E-state index contributed by atoms with van der Waals surface area (Å²) in [5, 5.41) is 7.87. The van der Waals surface area contributed by atoms with E-state index in [1.54, 1.807) is 13.0 Å². The summed E-state index contributed by atoms with van der Waals surface area (Å²) in [6.45, 7) is 4.26. The Morgan fingerprint density at radius 3 is 2.46 bits per heavy atom. The molecular weight excluding hydrogens is 374 g/mol. The molecule has 1 fully saturated rings. The molecule has 0 saturated carbocycles. The second kappa shape index (κ2) is 8.48. The Bertz CT molecular complexity index is 887. The zero-order chi connectivity index (χ0) is 20.1. The van der Waals surface area contributed by atoms with E-state index >= 15 is 0 Å². The molecule has 0 unspecified atom stereocenters. The van der Waals surface area contributed by atoms with Gasteiger partial charge in [-0.3, -0.25) is 14.9 Å². The first-order valence-corrected chi connectivity index (χ1v) is 10.1. The molecule has 7 heteroatoms. The van der Waals surface area contributed by atoms with Gasteiger partial charge < -0.3 is 10.6 Å². The summed E-state index contributed by atoms with van der Waals surface area (Å²) in [6, 6.07) is 16.8. The van der Waals surface area contributed by atoms with Crippen LogP contribution in [0.3, 0.4) is 0 Å².